The molecule has 0 bridgehead atoms. The molecule has 0 aliphatic rings. The van der Waals surface area contributed by atoms with E-state index in [0.29, 0.717) is 17.0 Å². The van der Waals surface area contributed by atoms with Crippen LogP contribution in [0.15, 0.2) is 35.1 Å². The van der Waals surface area contributed by atoms with E-state index in [1.54, 1.807) is 38.1 Å². The van der Waals surface area contributed by atoms with Crippen LogP contribution >= 0.6 is 0 Å². The fourth-order valence-corrected chi connectivity index (χ4v) is 1.80. The lowest BCUT2D eigenvalue weighted by molar-refractivity contribution is -0.140. The van der Waals surface area contributed by atoms with Crippen LogP contribution in [0.4, 0.5) is 0 Å². The van der Waals surface area contributed by atoms with E-state index in [1.165, 1.54) is 6.39 Å². The zero-order chi connectivity index (χ0) is 15.4. The third-order valence-electron chi connectivity index (χ3n) is 2.97. The predicted molar refractivity (Wildman–Crippen MR) is 73.5 cm³/mol. The van der Waals surface area contributed by atoms with Crippen molar-refractivity contribution in [1.29, 1.82) is 0 Å². The topological polar surface area (TPSA) is 105 Å². The summed E-state index contributed by atoms with van der Waals surface area (Å²) in [5, 5.41) is 18.9. The van der Waals surface area contributed by atoms with Crippen molar-refractivity contribution in [2.45, 2.75) is 19.9 Å². The number of nitrogens with zero attached hydrogens (tertiary/aromatic N) is 2. The molecule has 1 aromatic heterocycles. The maximum atomic E-state index is 12.0. The van der Waals surface area contributed by atoms with Crippen LogP contribution in [-0.2, 0) is 4.79 Å². The summed E-state index contributed by atoms with van der Waals surface area (Å²) in [5.41, 5.74) is 1.05. The van der Waals surface area contributed by atoms with E-state index in [4.69, 9.17) is 9.52 Å². The molecule has 0 spiro atoms. The van der Waals surface area contributed by atoms with Gasteiger partial charge in [-0.3, -0.25) is 4.79 Å². The Morgan fingerprint density at radius 3 is 2.38 bits per heavy atom. The van der Waals surface area contributed by atoms with E-state index >= 15 is 0 Å². The lowest BCUT2D eigenvalue weighted by Crippen LogP contribution is -2.44. The molecule has 2 rings (SSSR count). The van der Waals surface area contributed by atoms with E-state index in [0.717, 1.165) is 0 Å². The van der Waals surface area contributed by atoms with Crippen molar-refractivity contribution in [2.75, 3.05) is 0 Å². The minimum atomic E-state index is -1.05. The molecule has 21 heavy (non-hydrogen) atoms. The standard InChI is InChI=1S/C14H15N3O4/c1-8(2)11(14(19)20)16-12(18)9-3-5-10(6-4-9)13-17-15-7-21-13/h3-8,11H,1-2H3,(H,16,18)(H,19,20). The van der Waals surface area contributed by atoms with Gasteiger partial charge in [0, 0.05) is 11.1 Å². The average Bonchev–Trinajstić information content (AvgIpc) is 2.98. The maximum Gasteiger partial charge on any atom is 0.326 e. The number of hydrogen-bond donors (Lipinski definition) is 2. The monoisotopic (exact) mass is 289 g/mol. The zero-order valence-electron chi connectivity index (χ0n) is 11.6. The number of carboxylic acids is 1. The number of aromatic nitrogens is 2. The van der Waals surface area contributed by atoms with Gasteiger partial charge in [0.15, 0.2) is 0 Å². The molecule has 0 radical (unpaired) electrons. The molecule has 2 N–H and O–H groups in total. The van der Waals surface area contributed by atoms with Gasteiger partial charge in [0.2, 0.25) is 12.3 Å². The number of nitrogens with one attached hydrogen (secondary N) is 1. The van der Waals surface area contributed by atoms with E-state index in [1.807, 2.05) is 0 Å². The Kier molecular flexibility index (Phi) is 4.32. The number of benzene rings is 1. The van der Waals surface area contributed by atoms with Crippen LogP contribution in [0.5, 0.6) is 0 Å². The molecule has 7 heteroatoms. The summed E-state index contributed by atoms with van der Waals surface area (Å²) in [6.07, 6.45) is 1.22. The number of rotatable bonds is 5. The summed E-state index contributed by atoms with van der Waals surface area (Å²) in [4.78, 5) is 23.1. The van der Waals surface area contributed by atoms with Gasteiger partial charge in [-0.25, -0.2) is 4.79 Å². The fraction of sp³-hybridized carbons (Fsp3) is 0.286. The fourth-order valence-electron chi connectivity index (χ4n) is 1.80. The van der Waals surface area contributed by atoms with Crippen LogP contribution in [0.2, 0.25) is 0 Å². The van der Waals surface area contributed by atoms with Crippen molar-refractivity contribution in [3.63, 3.8) is 0 Å². The number of carbonyl (C=O) groups is 2. The van der Waals surface area contributed by atoms with Gasteiger partial charge in [-0.15, -0.1) is 10.2 Å². The van der Waals surface area contributed by atoms with Crippen molar-refractivity contribution in [3.05, 3.63) is 36.2 Å². The van der Waals surface area contributed by atoms with Gasteiger partial charge in [-0.2, -0.15) is 0 Å². The van der Waals surface area contributed by atoms with E-state index in [-0.39, 0.29) is 5.92 Å². The summed E-state index contributed by atoms with van der Waals surface area (Å²) < 4.78 is 5.05. The lowest BCUT2D eigenvalue weighted by atomic mass is 10.0. The van der Waals surface area contributed by atoms with Gasteiger partial charge < -0.3 is 14.8 Å². The molecule has 110 valence electrons. The summed E-state index contributed by atoms with van der Waals surface area (Å²) in [6, 6.07) is 5.55. The van der Waals surface area contributed by atoms with E-state index < -0.39 is 17.9 Å². The second kappa shape index (κ2) is 6.17. The molecule has 1 heterocycles. The van der Waals surface area contributed by atoms with Crippen molar-refractivity contribution in [2.24, 2.45) is 5.92 Å². The van der Waals surface area contributed by atoms with Gasteiger partial charge in [0.05, 0.1) is 0 Å². The minimum absolute atomic E-state index is 0.205. The van der Waals surface area contributed by atoms with Crippen LogP contribution in [0, 0.1) is 5.92 Å². The Hall–Kier alpha value is -2.70. The largest absolute Gasteiger partial charge is 0.480 e. The summed E-state index contributed by atoms with van der Waals surface area (Å²) >= 11 is 0. The highest BCUT2D eigenvalue weighted by molar-refractivity contribution is 5.96. The normalized spacial score (nSPS) is 12.1. The van der Waals surface area contributed by atoms with Gasteiger partial charge in [0.1, 0.15) is 6.04 Å². The number of carboxylic acid groups (broad SMARTS) is 1. The Morgan fingerprint density at radius 2 is 1.90 bits per heavy atom. The highest BCUT2D eigenvalue weighted by Gasteiger charge is 2.23. The molecule has 1 unspecified atom stereocenters. The highest BCUT2D eigenvalue weighted by Crippen LogP contribution is 2.16. The number of carbonyl (C=O) groups excluding carboxylic acids is 1. The third-order valence-corrected chi connectivity index (χ3v) is 2.97. The average molecular weight is 289 g/mol. The van der Waals surface area contributed by atoms with Crippen molar-refractivity contribution in [3.8, 4) is 11.5 Å². The molecule has 1 amide bonds. The smallest absolute Gasteiger partial charge is 0.326 e. The zero-order valence-corrected chi connectivity index (χ0v) is 11.6. The van der Waals surface area contributed by atoms with Crippen LogP contribution < -0.4 is 5.32 Å². The van der Waals surface area contributed by atoms with Gasteiger partial charge in [0.25, 0.3) is 5.91 Å². The Morgan fingerprint density at radius 1 is 1.24 bits per heavy atom. The molecular weight excluding hydrogens is 274 g/mol. The van der Waals surface area contributed by atoms with Crippen LogP contribution in [0.3, 0.4) is 0 Å². The molecule has 0 aliphatic carbocycles. The molecule has 0 fully saturated rings. The minimum Gasteiger partial charge on any atom is -0.480 e. The van der Waals surface area contributed by atoms with Crippen molar-refractivity contribution >= 4 is 11.9 Å². The van der Waals surface area contributed by atoms with Crippen LogP contribution in [0.25, 0.3) is 11.5 Å². The van der Waals surface area contributed by atoms with Crippen LogP contribution in [0.1, 0.15) is 24.2 Å². The van der Waals surface area contributed by atoms with Gasteiger partial charge >= 0.3 is 5.97 Å². The molecule has 0 saturated heterocycles. The van der Waals surface area contributed by atoms with Gasteiger partial charge in [-0.1, -0.05) is 13.8 Å². The summed E-state index contributed by atoms with van der Waals surface area (Å²) in [5.74, 6) is -1.34. The summed E-state index contributed by atoms with van der Waals surface area (Å²) in [6.45, 7) is 3.47. The molecule has 7 nitrogen and oxygen atoms in total. The predicted octanol–water partition coefficient (Wildman–Crippen LogP) is 1.58. The molecule has 0 aliphatic heterocycles. The molecule has 1 atom stereocenters. The molecular formula is C14H15N3O4. The second-order valence-electron chi connectivity index (χ2n) is 4.85. The Labute approximate surface area is 121 Å². The SMILES string of the molecule is CC(C)C(NC(=O)c1ccc(-c2nnco2)cc1)C(=O)O. The Balaban J connectivity index is 2.11. The second-order valence-corrected chi connectivity index (χ2v) is 4.85. The highest BCUT2D eigenvalue weighted by atomic mass is 16.4. The number of aliphatic carboxylic acids is 1. The maximum absolute atomic E-state index is 12.0. The van der Waals surface area contributed by atoms with Gasteiger partial charge in [-0.05, 0) is 30.2 Å². The number of amides is 1. The molecule has 1 aromatic carbocycles. The quantitative estimate of drug-likeness (QED) is 0.865. The third kappa shape index (κ3) is 3.44. The first-order valence-corrected chi connectivity index (χ1v) is 6.39. The number of hydrogen-bond acceptors (Lipinski definition) is 5. The first-order chi connectivity index (χ1) is 9.99. The first kappa shape index (κ1) is 14.7. The summed E-state index contributed by atoms with van der Waals surface area (Å²) in [7, 11) is 0. The lowest BCUT2D eigenvalue weighted by Gasteiger charge is -2.17. The Bertz CT molecular complexity index is 620. The van der Waals surface area contributed by atoms with Crippen LogP contribution in [-0.4, -0.2) is 33.2 Å². The molecule has 2 aromatic rings. The van der Waals surface area contributed by atoms with Crippen molar-refractivity contribution in [1.82, 2.24) is 15.5 Å². The molecule has 0 saturated carbocycles. The van der Waals surface area contributed by atoms with Crippen molar-refractivity contribution < 1.29 is 19.1 Å². The first-order valence-electron chi connectivity index (χ1n) is 6.39. The van der Waals surface area contributed by atoms with E-state index in [2.05, 4.69) is 15.5 Å². The van der Waals surface area contributed by atoms with E-state index in [9.17, 15) is 9.59 Å².